The minimum absolute atomic E-state index is 0.0210. The van der Waals surface area contributed by atoms with Crippen LogP contribution in [0.4, 0.5) is 0 Å². The Labute approximate surface area is 127 Å². The molecule has 0 aromatic carbocycles. The SMILES string of the molecule is CCOC1CC(O)C12CCN(Cc1ccc(C)cn1)CC2. The number of ether oxygens (including phenoxy) is 1. The number of aliphatic hydroxyl groups excluding tert-OH is 1. The van der Waals surface area contributed by atoms with Gasteiger partial charge in [-0.3, -0.25) is 9.88 Å². The third kappa shape index (κ3) is 2.85. The van der Waals surface area contributed by atoms with Gasteiger partial charge in [-0.2, -0.15) is 0 Å². The van der Waals surface area contributed by atoms with Crippen molar-refractivity contribution in [2.45, 2.75) is 51.9 Å². The van der Waals surface area contributed by atoms with Gasteiger partial charge in [0.25, 0.3) is 0 Å². The van der Waals surface area contributed by atoms with Gasteiger partial charge in [-0.1, -0.05) is 6.07 Å². The zero-order valence-corrected chi connectivity index (χ0v) is 13.1. The number of hydrogen-bond donors (Lipinski definition) is 1. The van der Waals surface area contributed by atoms with Gasteiger partial charge in [0.2, 0.25) is 0 Å². The summed E-state index contributed by atoms with van der Waals surface area (Å²) in [5.41, 5.74) is 2.35. The van der Waals surface area contributed by atoms with Crippen molar-refractivity contribution in [1.82, 2.24) is 9.88 Å². The highest BCUT2D eigenvalue weighted by Gasteiger charge is 2.55. The Bertz CT molecular complexity index is 464. The Morgan fingerprint density at radius 3 is 2.71 bits per heavy atom. The number of nitrogens with zero attached hydrogens (tertiary/aromatic N) is 2. The van der Waals surface area contributed by atoms with E-state index in [1.54, 1.807) is 0 Å². The molecular formula is C17H26N2O2. The maximum absolute atomic E-state index is 10.2. The number of likely N-dealkylation sites (tertiary alicyclic amines) is 1. The smallest absolute Gasteiger partial charge is 0.0681 e. The van der Waals surface area contributed by atoms with E-state index in [-0.39, 0.29) is 17.6 Å². The minimum Gasteiger partial charge on any atom is -0.392 e. The highest BCUT2D eigenvalue weighted by atomic mass is 16.5. The molecule has 21 heavy (non-hydrogen) atoms. The number of rotatable bonds is 4. The fourth-order valence-electron chi connectivity index (χ4n) is 3.77. The molecule has 0 bridgehead atoms. The van der Waals surface area contributed by atoms with E-state index in [4.69, 9.17) is 4.74 Å². The Morgan fingerprint density at radius 2 is 2.14 bits per heavy atom. The fourth-order valence-corrected chi connectivity index (χ4v) is 3.77. The van der Waals surface area contributed by atoms with Crippen LogP contribution in [0.5, 0.6) is 0 Å². The second kappa shape index (κ2) is 6.03. The molecule has 2 heterocycles. The monoisotopic (exact) mass is 290 g/mol. The lowest BCUT2D eigenvalue weighted by Crippen LogP contribution is -2.62. The fraction of sp³-hybridized carbons (Fsp3) is 0.706. The average Bonchev–Trinajstić information content (AvgIpc) is 2.50. The van der Waals surface area contributed by atoms with E-state index < -0.39 is 0 Å². The second-order valence-electron chi connectivity index (χ2n) is 6.53. The van der Waals surface area contributed by atoms with E-state index in [0.717, 1.165) is 51.2 Å². The van der Waals surface area contributed by atoms with Crippen molar-refractivity contribution in [3.8, 4) is 0 Å². The van der Waals surface area contributed by atoms with Crippen molar-refractivity contribution in [3.05, 3.63) is 29.6 Å². The van der Waals surface area contributed by atoms with E-state index in [9.17, 15) is 5.11 Å². The van der Waals surface area contributed by atoms with Crippen LogP contribution in [0, 0.1) is 12.3 Å². The molecule has 116 valence electrons. The van der Waals surface area contributed by atoms with Gasteiger partial charge in [0.1, 0.15) is 0 Å². The van der Waals surface area contributed by atoms with Crippen molar-refractivity contribution in [2.24, 2.45) is 5.41 Å². The zero-order valence-electron chi connectivity index (χ0n) is 13.1. The highest BCUT2D eigenvalue weighted by Crippen LogP contribution is 2.50. The molecule has 2 unspecified atom stereocenters. The van der Waals surface area contributed by atoms with Gasteiger partial charge in [-0.15, -0.1) is 0 Å². The molecule has 0 radical (unpaired) electrons. The third-order valence-electron chi connectivity index (χ3n) is 5.26. The summed E-state index contributed by atoms with van der Waals surface area (Å²) in [5, 5.41) is 10.2. The maximum atomic E-state index is 10.2. The van der Waals surface area contributed by atoms with Gasteiger partial charge >= 0.3 is 0 Å². The summed E-state index contributed by atoms with van der Waals surface area (Å²) in [6.07, 6.45) is 4.90. The van der Waals surface area contributed by atoms with Crippen molar-refractivity contribution in [2.75, 3.05) is 19.7 Å². The number of aryl methyl sites for hydroxylation is 1. The lowest BCUT2D eigenvalue weighted by molar-refractivity contribution is -0.209. The number of piperidine rings is 1. The van der Waals surface area contributed by atoms with Gasteiger partial charge in [-0.05, 0) is 51.4 Å². The van der Waals surface area contributed by atoms with Crippen LogP contribution in [0.1, 0.15) is 37.4 Å². The summed E-state index contributed by atoms with van der Waals surface area (Å²) in [6, 6.07) is 4.23. The molecule has 3 rings (SSSR count). The molecule has 4 nitrogen and oxygen atoms in total. The lowest BCUT2D eigenvalue weighted by Gasteiger charge is -2.56. The molecule has 1 aliphatic carbocycles. The van der Waals surface area contributed by atoms with Crippen LogP contribution in [0.15, 0.2) is 18.3 Å². The van der Waals surface area contributed by atoms with Crippen LogP contribution in [0.3, 0.4) is 0 Å². The largest absolute Gasteiger partial charge is 0.392 e. The van der Waals surface area contributed by atoms with Crippen LogP contribution >= 0.6 is 0 Å². The quantitative estimate of drug-likeness (QED) is 0.923. The van der Waals surface area contributed by atoms with E-state index in [1.165, 1.54) is 5.56 Å². The van der Waals surface area contributed by atoms with E-state index in [1.807, 2.05) is 13.1 Å². The molecule has 1 saturated heterocycles. The predicted molar refractivity (Wildman–Crippen MR) is 82.0 cm³/mol. The molecule has 4 heteroatoms. The van der Waals surface area contributed by atoms with Crippen molar-refractivity contribution < 1.29 is 9.84 Å². The molecule has 1 aromatic rings. The molecule has 2 atom stereocenters. The van der Waals surface area contributed by atoms with Gasteiger partial charge in [-0.25, -0.2) is 0 Å². The van der Waals surface area contributed by atoms with Crippen LogP contribution in [0.2, 0.25) is 0 Å². The van der Waals surface area contributed by atoms with Crippen LogP contribution in [-0.2, 0) is 11.3 Å². The average molecular weight is 290 g/mol. The summed E-state index contributed by atoms with van der Waals surface area (Å²) >= 11 is 0. The zero-order chi connectivity index (χ0) is 14.9. The molecule has 1 saturated carbocycles. The summed E-state index contributed by atoms with van der Waals surface area (Å²) in [6.45, 7) is 7.80. The topological polar surface area (TPSA) is 45.6 Å². The second-order valence-corrected chi connectivity index (χ2v) is 6.53. The van der Waals surface area contributed by atoms with Gasteiger partial charge in [0.15, 0.2) is 0 Å². The summed E-state index contributed by atoms with van der Waals surface area (Å²) in [5.74, 6) is 0. The van der Waals surface area contributed by atoms with E-state index >= 15 is 0 Å². The number of hydrogen-bond acceptors (Lipinski definition) is 4. The van der Waals surface area contributed by atoms with E-state index in [2.05, 4.69) is 28.9 Å². The summed E-state index contributed by atoms with van der Waals surface area (Å²) in [4.78, 5) is 6.93. The molecule has 2 fully saturated rings. The number of aromatic nitrogens is 1. The normalized spacial score (nSPS) is 28.5. The summed E-state index contributed by atoms with van der Waals surface area (Å²) in [7, 11) is 0. The Balaban J connectivity index is 1.56. The number of pyridine rings is 1. The molecule has 1 aliphatic heterocycles. The highest BCUT2D eigenvalue weighted by molar-refractivity contribution is 5.13. The minimum atomic E-state index is -0.173. The number of aliphatic hydroxyl groups is 1. The first-order valence-corrected chi connectivity index (χ1v) is 8.07. The summed E-state index contributed by atoms with van der Waals surface area (Å²) < 4.78 is 5.82. The molecular weight excluding hydrogens is 264 g/mol. The van der Waals surface area contributed by atoms with Crippen molar-refractivity contribution >= 4 is 0 Å². The van der Waals surface area contributed by atoms with E-state index in [0.29, 0.717) is 0 Å². The standard InChI is InChI=1S/C17H26N2O2/c1-3-21-16-10-15(20)17(16)6-8-19(9-7-17)12-14-5-4-13(2)11-18-14/h4-5,11,15-16,20H,3,6-10,12H2,1-2H3. The third-order valence-corrected chi connectivity index (χ3v) is 5.26. The maximum Gasteiger partial charge on any atom is 0.0681 e. The lowest BCUT2D eigenvalue weighted by atomic mass is 9.58. The molecule has 1 spiro atoms. The first-order valence-electron chi connectivity index (χ1n) is 8.07. The molecule has 2 aliphatic rings. The van der Waals surface area contributed by atoms with Crippen LogP contribution in [-0.4, -0.2) is 46.9 Å². The van der Waals surface area contributed by atoms with Crippen LogP contribution in [0.25, 0.3) is 0 Å². The van der Waals surface area contributed by atoms with Crippen molar-refractivity contribution in [1.29, 1.82) is 0 Å². The first-order chi connectivity index (χ1) is 10.1. The molecule has 1 aromatic heterocycles. The Hall–Kier alpha value is -0.970. The predicted octanol–water partition coefficient (Wildman–Crippen LogP) is 2.14. The van der Waals surface area contributed by atoms with Gasteiger partial charge in [0, 0.05) is 31.2 Å². The molecule has 0 amide bonds. The van der Waals surface area contributed by atoms with Crippen molar-refractivity contribution in [3.63, 3.8) is 0 Å². The van der Waals surface area contributed by atoms with Gasteiger partial charge < -0.3 is 9.84 Å². The first kappa shape index (κ1) is 14.9. The Kier molecular flexibility index (Phi) is 4.29. The van der Waals surface area contributed by atoms with Crippen LogP contribution < -0.4 is 0 Å². The van der Waals surface area contributed by atoms with Gasteiger partial charge in [0.05, 0.1) is 17.9 Å². The Morgan fingerprint density at radius 1 is 1.38 bits per heavy atom. The molecule has 1 N–H and O–H groups in total.